The molecule has 2 aliphatic rings. The van der Waals surface area contributed by atoms with Crippen molar-refractivity contribution in [3.8, 4) is 0 Å². The number of carboxylic acids is 1. The fourth-order valence-corrected chi connectivity index (χ4v) is 3.66. The van der Waals surface area contributed by atoms with Crippen LogP contribution in [0.3, 0.4) is 0 Å². The summed E-state index contributed by atoms with van der Waals surface area (Å²) in [6, 6.07) is -1.36. The van der Waals surface area contributed by atoms with Gasteiger partial charge in [-0.1, -0.05) is 0 Å². The molecule has 1 atom stereocenters. The van der Waals surface area contributed by atoms with Gasteiger partial charge in [0.15, 0.2) is 11.2 Å². The van der Waals surface area contributed by atoms with Gasteiger partial charge in [-0.05, 0) is 25.7 Å². The first-order valence-corrected chi connectivity index (χ1v) is 7.83. The number of ether oxygens (including phenoxy) is 1. The number of carbonyl (C=O) groups is 2. The molecule has 0 radical (unpaired) electrons. The van der Waals surface area contributed by atoms with E-state index >= 15 is 0 Å². The Bertz CT molecular complexity index is 536. The first-order valence-electron chi connectivity index (χ1n) is 7.02. The number of fused-ring (bicyclic) bond motifs is 1. The van der Waals surface area contributed by atoms with Crippen molar-refractivity contribution >= 4 is 28.5 Å². The van der Waals surface area contributed by atoms with Crippen molar-refractivity contribution in [1.82, 2.24) is 9.88 Å². The van der Waals surface area contributed by atoms with Crippen molar-refractivity contribution in [2.75, 3.05) is 25.1 Å². The molecule has 7 nitrogen and oxygen atoms in total. The van der Waals surface area contributed by atoms with Crippen LogP contribution in [0.25, 0.3) is 0 Å². The quantitative estimate of drug-likeness (QED) is 0.860. The molecule has 0 bridgehead atoms. The summed E-state index contributed by atoms with van der Waals surface area (Å²) in [5, 5.41) is 12.4. The van der Waals surface area contributed by atoms with Crippen molar-refractivity contribution in [1.29, 1.82) is 0 Å². The molecule has 0 aromatic carbocycles. The van der Waals surface area contributed by atoms with Gasteiger partial charge in [0.1, 0.15) is 0 Å². The van der Waals surface area contributed by atoms with E-state index in [-0.39, 0.29) is 13.2 Å². The number of aromatic nitrogens is 1. The highest BCUT2D eigenvalue weighted by molar-refractivity contribution is 7.15. The number of aryl methyl sites for hydroxylation is 2. The highest BCUT2D eigenvalue weighted by Gasteiger charge is 2.33. The van der Waals surface area contributed by atoms with Gasteiger partial charge in [0, 0.05) is 11.4 Å². The lowest BCUT2D eigenvalue weighted by atomic mass is 10.0. The number of amides is 2. The summed E-state index contributed by atoms with van der Waals surface area (Å²) >= 11 is 1.49. The van der Waals surface area contributed by atoms with Crippen molar-refractivity contribution in [3.63, 3.8) is 0 Å². The number of nitrogens with zero attached hydrogens (tertiary/aromatic N) is 2. The van der Waals surface area contributed by atoms with Crippen LogP contribution in [-0.2, 0) is 22.4 Å². The van der Waals surface area contributed by atoms with Gasteiger partial charge in [0.05, 0.1) is 18.9 Å². The van der Waals surface area contributed by atoms with Crippen molar-refractivity contribution in [2.24, 2.45) is 0 Å². The summed E-state index contributed by atoms with van der Waals surface area (Å²) in [6.45, 7) is 0.649. The molecule has 1 aliphatic heterocycles. The SMILES string of the molecule is O=C(O)C1COCCN1C(=O)Nc1nc2c(s1)CCCC2. The molecule has 1 aromatic rings. The largest absolute Gasteiger partial charge is 0.480 e. The van der Waals surface area contributed by atoms with Gasteiger partial charge in [-0.25, -0.2) is 14.6 Å². The predicted molar refractivity (Wildman–Crippen MR) is 76.7 cm³/mol. The molecule has 1 saturated heterocycles. The monoisotopic (exact) mass is 311 g/mol. The van der Waals surface area contributed by atoms with Crippen molar-refractivity contribution < 1.29 is 19.4 Å². The molecule has 3 rings (SSSR count). The Labute approximate surface area is 125 Å². The van der Waals surface area contributed by atoms with Crippen LogP contribution in [0.4, 0.5) is 9.93 Å². The molecular formula is C13H17N3O4S. The van der Waals surface area contributed by atoms with E-state index in [0.717, 1.165) is 31.4 Å². The van der Waals surface area contributed by atoms with Crippen molar-refractivity contribution in [2.45, 2.75) is 31.7 Å². The number of carbonyl (C=O) groups excluding carboxylic acids is 1. The number of urea groups is 1. The minimum atomic E-state index is -1.05. The van der Waals surface area contributed by atoms with Crippen LogP contribution in [0.1, 0.15) is 23.4 Å². The number of aliphatic carboxylic acids is 1. The van der Waals surface area contributed by atoms with Crippen LogP contribution >= 0.6 is 11.3 Å². The number of hydrogen-bond acceptors (Lipinski definition) is 5. The second-order valence-electron chi connectivity index (χ2n) is 5.15. The summed E-state index contributed by atoms with van der Waals surface area (Å²) in [6.07, 6.45) is 4.26. The molecule has 1 fully saturated rings. The normalized spacial score (nSPS) is 21.7. The maximum Gasteiger partial charge on any atom is 0.328 e. The lowest BCUT2D eigenvalue weighted by Gasteiger charge is -2.32. The summed E-state index contributed by atoms with van der Waals surface area (Å²) in [7, 11) is 0. The minimum Gasteiger partial charge on any atom is -0.480 e. The Morgan fingerprint density at radius 1 is 1.38 bits per heavy atom. The first-order chi connectivity index (χ1) is 10.1. The molecule has 1 unspecified atom stereocenters. The molecule has 2 N–H and O–H groups in total. The van der Waals surface area contributed by atoms with Gasteiger partial charge in [0.25, 0.3) is 0 Å². The standard InChI is InChI=1S/C13H17N3O4S/c17-11(18)9-7-20-6-5-16(9)13(19)15-12-14-8-3-1-2-4-10(8)21-12/h9H,1-7H2,(H,17,18)(H,14,15,19). The third-order valence-corrected chi connectivity index (χ3v) is 4.81. The van der Waals surface area contributed by atoms with Gasteiger partial charge in [0.2, 0.25) is 0 Å². The molecule has 2 amide bonds. The fraction of sp³-hybridized carbons (Fsp3) is 0.615. The third-order valence-electron chi connectivity index (χ3n) is 3.73. The number of morpholine rings is 1. The lowest BCUT2D eigenvalue weighted by Crippen LogP contribution is -2.53. The fourth-order valence-electron chi connectivity index (χ4n) is 2.62. The molecule has 8 heteroatoms. The Kier molecular flexibility index (Phi) is 4.07. The molecule has 0 spiro atoms. The van der Waals surface area contributed by atoms with E-state index in [9.17, 15) is 9.59 Å². The zero-order valence-corrected chi connectivity index (χ0v) is 12.3. The van der Waals surface area contributed by atoms with Gasteiger partial charge < -0.3 is 14.7 Å². The Hall–Kier alpha value is -1.67. The lowest BCUT2D eigenvalue weighted by molar-refractivity contribution is -0.147. The van der Waals surface area contributed by atoms with E-state index in [1.807, 2.05) is 0 Å². The van der Waals surface area contributed by atoms with E-state index in [1.54, 1.807) is 0 Å². The Balaban J connectivity index is 1.70. The highest BCUT2D eigenvalue weighted by atomic mass is 32.1. The van der Waals surface area contributed by atoms with Crippen molar-refractivity contribution in [3.05, 3.63) is 10.6 Å². The van der Waals surface area contributed by atoms with E-state index in [1.165, 1.54) is 21.1 Å². The summed E-state index contributed by atoms with van der Waals surface area (Å²) in [4.78, 5) is 30.4. The summed E-state index contributed by atoms with van der Waals surface area (Å²) in [5.41, 5.74) is 1.07. The van der Waals surface area contributed by atoms with Crippen LogP contribution in [0, 0.1) is 0 Å². The first kappa shape index (κ1) is 14.3. The van der Waals surface area contributed by atoms with E-state index in [0.29, 0.717) is 11.7 Å². The van der Waals surface area contributed by atoms with E-state index in [4.69, 9.17) is 9.84 Å². The zero-order chi connectivity index (χ0) is 14.8. The van der Waals surface area contributed by atoms with Crippen LogP contribution in [0.5, 0.6) is 0 Å². The Morgan fingerprint density at radius 2 is 2.19 bits per heavy atom. The van der Waals surface area contributed by atoms with Gasteiger partial charge in [-0.3, -0.25) is 5.32 Å². The van der Waals surface area contributed by atoms with E-state index < -0.39 is 18.0 Å². The third kappa shape index (κ3) is 3.01. The van der Waals surface area contributed by atoms with E-state index in [2.05, 4.69) is 10.3 Å². The molecule has 1 aromatic heterocycles. The molecule has 1 aliphatic carbocycles. The number of nitrogens with one attached hydrogen (secondary N) is 1. The molecule has 21 heavy (non-hydrogen) atoms. The van der Waals surface area contributed by atoms with Crippen LogP contribution < -0.4 is 5.32 Å². The topological polar surface area (TPSA) is 91.8 Å². The second kappa shape index (κ2) is 5.98. The van der Waals surface area contributed by atoms with Crippen LogP contribution in [0.15, 0.2) is 0 Å². The maximum absolute atomic E-state index is 12.3. The molecular weight excluding hydrogens is 294 g/mol. The Morgan fingerprint density at radius 3 is 2.95 bits per heavy atom. The van der Waals surface area contributed by atoms with Crippen LogP contribution in [-0.4, -0.2) is 52.8 Å². The number of thiazole rings is 1. The zero-order valence-electron chi connectivity index (χ0n) is 11.5. The summed E-state index contributed by atoms with van der Waals surface area (Å²) in [5.74, 6) is -1.05. The summed E-state index contributed by atoms with van der Waals surface area (Å²) < 4.78 is 5.12. The smallest absolute Gasteiger partial charge is 0.328 e. The number of hydrogen-bond donors (Lipinski definition) is 2. The van der Waals surface area contributed by atoms with Crippen LogP contribution in [0.2, 0.25) is 0 Å². The number of carboxylic acid groups (broad SMARTS) is 1. The average molecular weight is 311 g/mol. The predicted octanol–water partition coefficient (Wildman–Crippen LogP) is 1.34. The number of anilines is 1. The molecule has 0 saturated carbocycles. The average Bonchev–Trinajstić information content (AvgIpc) is 2.89. The van der Waals surface area contributed by atoms with Gasteiger partial charge >= 0.3 is 12.0 Å². The van der Waals surface area contributed by atoms with Gasteiger partial charge in [-0.2, -0.15) is 0 Å². The molecule has 114 valence electrons. The number of rotatable bonds is 2. The minimum absolute atomic E-state index is 0.0249. The molecule has 2 heterocycles. The highest BCUT2D eigenvalue weighted by Crippen LogP contribution is 2.29. The maximum atomic E-state index is 12.3. The second-order valence-corrected chi connectivity index (χ2v) is 6.23. The van der Waals surface area contributed by atoms with Gasteiger partial charge in [-0.15, -0.1) is 11.3 Å².